The molecule has 0 aromatic heterocycles. The predicted molar refractivity (Wildman–Crippen MR) is 172 cm³/mol. The van der Waals surface area contributed by atoms with Crippen LogP contribution in [0, 0.1) is 11.8 Å². The zero-order chi connectivity index (χ0) is 33.2. The molecule has 0 saturated carbocycles. The molecule has 250 valence electrons. The molecule has 0 spiro atoms. The van der Waals surface area contributed by atoms with E-state index in [1.54, 1.807) is 17.9 Å². The number of alkyl carbamates (subject to hydrolysis) is 1. The number of aliphatic hydroxyl groups is 1. The molecular formula is C33H44N4O8S. The maximum Gasteiger partial charge on any atom is 0.407 e. The Bertz CT molecular complexity index is 1560. The fourth-order valence-corrected chi connectivity index (χ4v) is 7.72. The molecule has 5 atom stereocenters. The van der Waals surface area contributed by atoms with Gasteiger partial charge in [0.1, 0.15) is 6.10 Å². The highest BCUT2D eigenvalue weighted by atomic mass is 32.2. The number of aliphatic hydroxyl groups excluding tert-OH is 1. The summed E-state index contributed by atoms with van der Waals surface area (Å²) in [5.74, 6) is -0.419. The van der Waals surface area contributed by atoms with Gasteiger partial charge in [-0.15, -0.1) is 0 Å². The van der Waals surface area contributed by atoms with Crippen LogP contribution in [-0.4, -0.2) is 99.7 Å². The van der Waals surface area contributed by atoms with Gasteiger partial charge in [-0.2, -0.15) is 4.31 Å². The lowest BCUT2D eigenvalue weighted by Gasteiger charge is -2.31. The maximum absolute atomic E-state index is 14.2. The number of nitrogens with zero attached hydrogens (tertiary/aromatic N) is 2. The summed E-state index contributed by atoms with van der Waals surface area (Å²) in [5, 5.41) is 17.2. The summed E-state index contributed by atoms with van der Waals surface area (Å²) in [6.45, 7) is 6.19. The Morgan fingerprint density at radius 2 is 1.87 bits per heavy atom. The van der Waals surface area contributed by atoms with Crippen molar-refractivity contribution in [1.29, 1.82) is 0 Å². The van der Waals surface area contributed by atoms with Crippen LogP contribution in [0.15, 0.2) is 59.1 Å². The molecule has 2 fully saturated rings. The highest BCUT2D eigenvalue weighted by Crippen LogP contribution is 2.37. The Labute approximate surface area is 270 Å². The highest BCUT2D eigenvalue weighted by molar-refractivity contribution is 7.89. The highest BCUT2D eigenvalue weighted by Gasteiger charge is 2.44. The number of nitrogens with one attached hydrogen (secondary N) is 2. The quantitative estimate of drug-likeness (QED) is 0.294. The Morgan fingerprint density at radius 3 is 2.57 bits per heavy atom. The molecule has 2 aromatic carbocycles. The lowest BCUT2D eigenvalue weighted by molar-refractivity contribution is -0.110. The molecule has 13 heteroatoms. The van der Waals surface area contributed by atoms with Crippen LogP contribution in [0.3, 0.4) is 0 Å². The van der Waals surface area contributed by atoms with Crippen molar-refractivity contribution in [3.63, 3.8) is 0 Å². The smallest absolute Gasteiger partial charge is 0.407 e. The largest absolute Gasteiger partial charge is 0.443 e. The minimum atomic E-state index is -4.14. The van der Waals surface area contributed by atoms with E-state index in [0.717, 1.165) is 12.0 Å². The fourth-order valence-electron chi connectivity index (χ4n) is 6.07. The number of ether oxygens (including phenoxy) is 3. The van der Waals surface area contributed by atoms with E-state index in [4.69, 9.17) is 14.2 Å². The number of fused-ring (bicyclic) bond motifs is 2. The van der Waals surface area contributed by atoms with Crippen molar-refractivity contribution in [3.8, 4) is 0 Å². The summed E-state index contributed by atoms with van der Waals surface area (Å²) in [4.78, 5) is 27.7. The maximum atomic E-state index is 14.2. The third kappa shape index (κ3) is 7.39. The topological polar surface area (TPSA) is 147 Å². The Hall–Kier alpha value is -3.49. The van der Waals surface area contributed by atoms with Crippen molar-refractivity contribution < 1.29 is 37.3 Å². The van der Waals surface area contributed by atoms with Crippen molar-refractivity contribution in [1.82, 2.24) is 14.5 Å². The lowest BCUT2D eigenvalue weighted by Crippen LogP contribution is -2.51. The van der Waals surface area contributed by atoms with Crippen molar-refractivity contribution in [3.05, 3.63) is 65.4 Å². The number of rotatable bonds is 12. The van der Waals surface area contributed by atoms with Gasteiger partial charge < -0.3 is 34.9 Å². The molecule has 3 aliphatic rings. The van der Waals surface area contributed by atoms with Gasteiger partial charge in [0.2, 0.25) is 10.0 Å². The molecule has 3 aliphatic heterocycles. The first-order chi connectivity index (χ1) is 21.8. The number of carbonyl (C=O) groups excluding carboxylic acids is 2. The number of sulfonamides is 1. The number of amides is 2. The molecule has 3 heterocycles. The molecule has 0 aliphatic carbocycles. The zero-order valence-electron chi connectivity index (χ0n) is 26.9. The number of allylic oxidation sites excluding steroid dienone is 1. The van der Waals surface area contributed by atoms with E-state index < -0.39 is 34.4 Å². The molecule has 0 radical (unpaired) electrons. The molecule has 2 aromatic rings. The van der Waals surface area contributed by atoms with Gasteiger partial charge in [-0.05, 0) is 49.4 Å². The van der Waals surface area contributed by atoms with Gasteiger partial charge >= 0.3 is 6.09 Å². The molecule has 0 bridgehead atoms. The van der Waals surface area contributed by atoms with Crippen molar-refractivity contribution in [2.45, 2.75) is 63.0 Å². The third-order valence-corrected chi connectivity index (χ3v) is 10.5. The zero-order valence-corrected chi connectivity index (χ0v) is 27.7. The van der Waals surface area contributed by atoms with Gasteiger partial charge in [-0.25, -0.2) is 13.2 Å². The minimum absolute atomic E-state index is 0.00112. The van der Waals surface area contributed by atoms with Crippen LogP contribution < -0.4 is 10.6 Å². The van der Waals surface area contributed by atoms with E-state index in [2.05, 4.69) is 10.6 Å². The van der Waals surface area contributed by atoms with Crippen molar-refractivity contribution in [2.75, 3.05) is 45.7 Å². The second kappa shape index (κ2) is 14.1. The van der Waals surface area contributed by atoms with Crippen LogP contribution in [-0.2, 0) is 35.4 Å². The summed E-state index contributed by atoms with van der Waals surface area (Å²) in [6.07, 6.45) is -1.90. The van der Waals surface area contributed by atoms with Gasteiger partial charge in [-0.1, -0.05) is 44.2 Å². The number of hydrogen-bond acceptors (Lipinski definition) is 9. The van der Waals surface area contributed by atoms with Gasteiger partial charge in [-0.3, -0.25) is 4.79 Å². The summed E-state index contributed by atoms with van der Waals surface area (Å²) >= 11 is 0. The SMILES string of the molecule is C/C(=C1/C(=O)Nc2ccc(S(=O)(=O)N(CC(C)C)C[C@@H](O)[C@H](Cc3ccccc3)NC(=O)O[C@H]3COC4OCCC43)cc21)N(C)C. The van der Waals surface area contributed by atoms with Crippen LogP contribution in [0.5, 0.6) is 0 Å². The molecule has 12 nitrogen and oxygen atoms in total. The second-order valence-electron chi connectivity index (χ2n) is 12.7. The summed E-state index contributed by atoms with van der Waals surface area (Å²) in [5.41, 5.74) is 2.98. The second-order valence-corrected chi connectivity index (χ2v) is 14.6. The number of anilines is 1. The van der Waals surface area contributed by atoms with Gasteiger partial charge in [0.15, 0.2) is 6.29 Å². The Kier molecular flexibility index (Phi) is 10.4. The van der Waals surface area contributed by atoms with E-state index in [0.29, 0.717) is 29.1 Å². The van der Waals surface area contributed by atoms with E-state index in [-0.39, 0.29) is 55.0 Å². The van der Waals surface area contributed by atoms with Gasteiger partial charge in [0, 0.05) is 44.1 Å². The molecule has 2 unspecified atom stereocenters. The predicted octanol–water partition coefficient (Wildman–Crippen LogP) is 3.04. The standard InChI is InChI=1S/C33H44N4O8S/c1-20(2)17-37(46(41,42)23-11-12-26-25(16-23)30(31(39)34-26)21(3)36(4)5)18-28(38)27(15-22-9-7-6-8-10-22)35-33(40)45-29-19-44-32-24(29)13-14-43-32/h6-12,16,20,24,27-29,32,38H,13-15,17-19H2,1-5H3,(H,34,39)(H,35,40)/b30-21-/t24?,27-,28+,29-,32?/m0/s1. The first-order valence-corrected chi connectivity index (χ1v) is 17.1. The van der Waals surface area contributed by atoms with Gasteiger partial charge in [0.05, 0.1) is 41.7 Å². The summed E-state index contributed by atoms with van der Waals surface area (Å²) in [7, 11) is -0.506. The van der Waals surface area contributed by atoms with Crippen LogP contribution in [0.25, 0.3) is 5.57 Å². The molecule has 2 amide bonds. The van der Waals surface area contributed by atoms with Gasteiger partial charge in [0.25, 0.3) is 5.91 Å². The first kappa shape index (κ1) is 33.9. The van der Waals surface area contributed by atoms with Crippen LogP contribution in [0.2, 0.25) is 0 Å². The fraction of sp³-hybridized carbons (Fsp3) is 0.515. The third-order valence-electron chi connectivity index (χ3n) is 8.68. The average molecular weight is 657 g/mol. The first-order valence-electron chi connectivity index (χ1n) is 15.6. The van der Waals surface area contributed by atoms with Crippen LogP contribution in [0.1, 0.15) is 38.3 Å². The monoisotopic (exact) mass is 656 g/mol. The van der Waals surface area contributed by atoms with E-state index in [9.17, 15) is 23.1 Å². The Morgan fingerprint density at radius 1 is 1.13 bits per heavy atom. The summed E-state index contributed by atoms with van der Waals surface area (Å²) < 4.78 is 46.4. The van der Waals surface area contributed by atoms with Crippen molar-refractivity contribution >= 4 is 33.3 Å². The number of hydrogen-bond donors (Lipinski definition) is 3. The molecule has 2 saturated heterocycles. The van der Waals surface area contributed by atoms with Crippen LogP contribution in [0.4, 0.5) is 10.5 Å². The summed E-state index contributed by atoms with van der Waals surface area (Å²) in [6, 6.07) is 13.0. The molecular weight excluding hydrogens is 612 g/mol. The minimum Gasteiger partial charge on any atom is -0.443 e. The van der Waals surface area contributed by atoms with Crippen LogP contribution >= 0.6 is 0 Å². The molecule has 5 rings (SSSR count). The number of benzene rings is 2. The molecule has 3 N–H and O–H groups in total. The van der Waals surface area contributed by atoms with Crippen molar-refractivity contribution in [2.24, 2.45) is 11.8 Å². The Balaban J connectivity index is 1.39. The number of carbonyl (C=O) groups is 2. The van der Waals surface area contributed by atoms with E-state index in [1.165, 1.54) is 16.4 Å². The normalized spacial score (nSPS) is 23.1. The molecule has 46 heavy (non-hydrogen) atoms. The average Bonchev–Trinajstić information content (AvgIpc) is 3.71. The lowest BCUT2D eigenvalue weighted by atomic mass is 10.0. The van der Waals surface area contributed by atoms with E-state index in [1.807, 2.05) is 58.3 Å². The van der Waals surface area contributed by atoms with E-state index >= 15 is 0 Å².